The van der Waals surface area contributed by atoms with Crippen LogP contribution in [0.25, 0.3) is 0 Å². The van der Waals surface area contributed by atoms with Gasteiger partial charge in [-0.25, -0.2) is 9.59 Å². The summed E-state index contributed by atoms with van der Waals surface area (Å²) in [5, 5.41) is 14.4. The number of aliphatic carboxylic acids is 1. The van der Waals surface area contributed by atoms with Gasteiger partial charge in [-0.3, -0.25) is 4.79 Å². The molecule has 1 aromatic rings. The summed E-state index contributed by atoms with van der Waals surface area (Å²) in [5.74, 6) is -1.20. The lowest BCUT2D eigenvalue weighted by Crippen LogP contribution is -2.53. The lowest BCUT2D eigenvalue weighted by molar-refractivity contribution is -0.143. The van der Waals surface area contributed by atoms with Crippen molar-refractivity contribution in [2.45, 2.75) is 45.4 Å². The van der Waals surface area contributed by atoms with E-state index in [1.54, 1.807) is 6.92 Å². The van der Waals surface area contributed by atoms with Crippen LogP contribution in [0.4, 0.5) is 4.79 Å². The normalized spacial score (nSPS) is 13.9. The summed E-state index contributed by atoms with van der Waals surface area (Å²) in [6, 6.07) is 7.35. The Morgan fingerprint density at radius 1 is 1.19 bits per heavy atom. The number of carboxylic acid groups (broad SMARTS) is 1. The minimum atomic E-state index is -1.09. The minimum Gasteiger partial charge on any atom is -0.480 e. The van der Waals surface area contributed by atoms with Crippen LogP contribution in [-0.4, -0.2) is 47.2 Å². The highest BCUT2D eigenvalue weighted by Gasteiger charge is 2.29. The Hall–Kier alpha value is -2.22. The summed E-state index contributed by atoms with van der Waals surface area (Å²) in [5.41, 5.74) is 0.834. The molecule has 7 nitrogen and oxygen atoms in total. The molecule has 0 bridgehead atoms. The molecule has 0 aliphatic rings. The van der Waals surface area contributed by atoms with Gasteiger partial charge in [-0.1, -0.05) is 50.6 Å². The van der Waals surface area contributed by atoms with Gasteiger partial charge in [0.2, 0.25) is 5.91 Å². The topological polar surface area (TPSA) is 105 Å². The van der Waals surface area contributed by atoms with Crippen LogP contribution in [0, 0.1) is 5.92 Å². The molecule has 150 valence electrons. The average molecular weight is 397 g/mol. The largest absolute Gasteiger partial charge is 0.480 e. The van der Waals surface area contributed by atoms with Crippen molar-refractivity contribution < 1.29 is 24.2 Å². The second kappa shape index (κ2) is 12.2. The molecule has 0 spiro atoms. The van der Waals surface area contributed by atoms with Crippen LogP contribution in [0.5, 0.6) is 0 Å². The summed E-state index contributed by atoms with van der Waals surface area (Å²) in [7, 11) is 0. The highest BCUT2D eigenvalue weighted by atomic mass is 32.2. The summed E-state index contributed by atoms with van der Waals surface area (Å²) < 4.78 is 5.16. The molecule has 0 aliphatic heterocycles. The van der Waals surface area contributed by atoms with E-state index in [-0.39, 0.29) is 12.5 Å². The van der Waals surface area contributed by atoms with E-state index in [0.29, 0.717) is 18.6 Å². The number of carboxylic acids is 1. The fourth-order valence-electron chi connectivity index (χ4n) is 2.35. The van der Waals surface area contributed by atoms with Gasteiger partial charge in [-0.15, -0.1) is 0 Å². The Morgan fingerprint density at radius 3 is 2.41 bits per heavy atom. The maximum atomic E-state index is 12.5. The molecule has 1 aromatic carbocycles. The van der Waals surface area contributed by atoms with Crippen molar-refractivity contribution in [3.63, 3.8) is 0 Å². The molecule has 3 N–H and O–H groups in total. The maximum absolute atomic E-state index is 12.5. The molecule has 27 heavy (non-hydrogen) atoms. The number of carbonyl (C=O) groups is 3. The Bertz CT molecular complexity index is 611. The first kappa shape index (κ1) is 22.8. The van der Waals surface area contributed by atoms with Crippen molar-refractivity contribution in [3.05, 3.63) is 35.9 Å². The van der Waals surface area contributed by atoms with Gasteiger partial charge in [0.1, 0.15) is 18.7 Å². The number of ether oxygens (including phenoxy) is 1. The predicted molar refractivity (Wildman–Crippen MR) is 106 cm³/mol. The smallest absolute Gasteiger partial charge is 0.408 e. The first-order valence-corrected chi connectivity index (χ1v) is 10.3. The summed E-state index contributed by atoms with van der Waals surface area (Å²) in [6.07, 6.45) is 2.16. The van der Waals surface area contributed by atoms with Crippen molar-refractivity contribution in [2.75, 3.05) is 12.0 Å². The third-order valence-corrected chi connectivity index (χ3v) is 4.85. The Labute approximate surface area is 164 Å². The highest BCUT2D eigenvalue weighted by molar-refractivity contribution is 7.98. The van der Waals surface area contributed by atoms with E-state index in [1.807, 2.05) is 43.5 Å². The molecule has 2 amide bonds. The molecule has 0 aromatic heterocycles. The molecule has 1 rings (SSSR count). The molecule has 3 atom stereocenters. The van der Waals surface area contributed by atoms with Gasteiger partial charge < -0.3 is 20.5 Å². The van der Waals surface area contributed by atoms with E-state index >= 15 is 0 Å². The Kier molecular flexibility index (Phi) is 10.3. The van der Waals surface area contributed by atoms with Crippen LogP contribution in [0.15, 0.2) is 30.3 Å². The van der Waals surface area contributed by atoms with Gasteiger partial charge >= 0.3 is 12.1 Å². The van der Waals surface area contributed by atoms with Crippen LogP contribution in [0.3, 0.4) is 0 Å². The number of benzene rings is 1. The van der Waals surface area contributed by atoms with E-state index in [2.05, 4.69) is 10.6 Å². The van der Waals surface area contributed by atoms with E-state index in [0.717, 1.165) is 5.56 Å². The van der Waals surface area contributed by atoms with Crippen LogP contribution in [0.1, 0.15) is 32.3 Å². The lowest BCUT2D eigenvalue weighted by atomic mass is 9.99. The second-order valence-corrected chi connectivity index (χ2v) is 7.24. The molecule has 0 fully saturated rings. The van der Waals surface area contributed by atoms with E-state index in [1.165, 1.54) is 11.8 Å². The van der Waals surface area contributed by atoms with E-state index < -0.39 is 30.1 Å². The van der Waals surface area contributed by atoms with Crippen molar-refractivity contribution in [1.29, 1.82) is 0 Å². The molecule has 0 saturated carbocycles. The lowest BCUT2D eigenvalue weighted by Gasteiger charge is -2.24. The number of thioether (sulfide) groups is 1. The van der Waals surface area contributed by atoms with Gasteiger partial charge in [-0.2, -0.15) is 11.8 Å². The van der Waals surface area contributed by atoms with Gasteiger partial charge in [0, 0.05) is 0 Å². The number of alkyl carbamates (subject to hydrolysis) is 1. The number of carbonyl (C=O) groups excluding carboxylic acids is 2. The SMILES string of the molecule is CC[C@H](C)[C@H](NC(=O)[C@@H](CCSC)NC(=O)OCc1ccccc1)C(=O)O. The number of rotatable bonds is 11. The third kappa shape index (κ3) is 8.34. The average Bonchev–Trinajstić information content (AvgIpc) is 2.67. The summed E-state index contributed by atoms with van der Waals surface area (Å²) in [4.78, 5) is 36.0. The van der Waals surface area contributed by atoms with Crippen LogP contribution in [-0.2, 0) is 20.9 Å². The predicted octanol–water partition coefficient (Wildman–Crippen LogP) is 2.65. The van der Waals surface area contributed by atoms with Crippen LogP contribution in [0.2, 0.25) is 0 Å². The maximum Gasteiger partial charge on any atom is 0.408 e. The quantitative estimate of drug-likeness (QED) is 0.531. The van der Waals surface area contributed by atoms with Gasteiger partial charge in [-0.05, 0) is 29.9 Å². The summed E-state index contributed by atoms with van der Waals surface area (Å²) in [6.45, 7) is 3.71. The van der Waals surface area contributed by atoms with Crippen molar-refractivity contribution in [3.8, 4) is 0 Å². The monoisotopic (exact) mass is 396 g/mol. The molecule has 0 heterocycles. The van der Waals surface area contributed by atoms with Gasteiger partial charge in [0.25, 0.3) is 0 Å². The Balaban J connectivity index is 2.68. The molecular weight excluding hydrogens is 368 g/mol. The number of hydrogen-bond donors (Lipinski definition) is 3. The standard InChI is InChI=1S/C19H28N2O5S/c1-4-13(2)16(18(23)24)21-17(22)15(10-11-27-3)20-19(25)26-12-14-8-6-5-7-9-14/h5-9,13,15-16H,4,10-12H2,1-3H3,(H,20,25)(H,21,22)(H,23,24)/t13-,15+,16-/m0/s1. The molecule has 0 saturated heterocycles. The number of amides is 2. The van der Waals surface area contributed by atoms with E-state index in [4.69, 9.17) is 4.74 Å². The molecular formula is C19H28N2O5S. The summed E-state index contributed by atoms with van der Waals surface area (Å²) >= 11 is 1.53. The molecule has 0 unspecified atom stereocenters. The first-order chi connectivity index (χ1) is 12.9. The van der Waals surface area contributed by atoms with Crippen LogP contribution >= 0.6 is 11.8 Å². The van der Waals surface area contributed by atoms with Crippen molar-refractivity contribution in [2.24, 2.45) is 5.92 Å². The highest BCUT2D eigenvalue weighted by Crippen LogP contribution is 2.10. The Morgan fingerprint density at radius 2 is 1.85 bits per heavy atom. The first-order valence-electron chi connectivity index (χ1n) is 8.88. The fourth-order valence-corrected chi connectivity index (χ4v) is 2.82. The van der Waals surface area contributed by atoms with E-state index in [9.17, 15) is 19.5 Å². The van der Waals surface area contributed by atoms with Crippen molar-refractivity contribution >= 4 is 29.7 Å². The van der Waals surface area contributed by atoms with Gasteiger partial charge in [0.15, 0.2) is 0 Å². The zero-order valence-electron chi connectivity index (χ0n) is 15.9. The van der Waals surface area contributed by atoms with Crippen molar-refractivity contribution in [1.82, 2.24) is 10.6 Å². The fraction of sp³-hybridized carbons (Fsp3) is 0.526. The minimum absolute atomic E-state index is 0.0914. The van der Waals surface area contributed by atoms with Crippen LogP contribution < -0.4 is 10.6 Å². The third-order valence-electron chi connectivity index (χ3n) is 4.21. The number of hydrogen-bond acceptors (Lipinski definition) is 5. The molecule has 0 aliphatic carbocycles. The molecule has 8 heteroatoms. The second-order valence-electron chi connectivity index (χ2n) is 6.25. The molecule has 0 radical (unpaired) electrons. The number of nitrogens with one attached hydrogen (secondary N) is 2. The zero-order chi connectivity index (χ0) is 20.2. The zero-order valence-corrected chi connectivity index (χ0v) is 16.8. The van der Waals surface area contributed by atoms with Gasteiger partial charge in [0.05, 0.1) is 0 Å².